The number of nitrogens with zero attached hydrogens (tertiary/aromatic N) is 5. The van der Waals surface area contributed by atoms with Crippen LogP contribution in [0.2, 0.25) is 0 Å². The van der Waals surface area contributed by atoms with E-state index in [1.807, 2.05) is 23.1 Å². The van der Waals surface area contributed by atoms with Gasteiger partial charge in [-0.1, -0.05) is 6.92 Å². The molecule has 3 aromatic rings. The van der Waals surface area contributed by atoms with Crippen molar-refractivity contribution in [2.75, 3.05) is 18.8 Å². The van der Waals surface area contributed by atoms with Crippen LogP contribution in [0, 0.1) is 5.92 Å². The van der Waals surface area contributed by atoms with Gasteiger partial charge in [0, 0.05) is 31.0 Å². The molecule has 0 bridgehead atoms. The molecular weight excluding hydrogens is 316 g/mol. The molecule has 0 radical (unpaired) electrons. The molecule has 1 amide bonds. The van der Waals surface area contributed by atoms with Gasteiger partial charge in [-0.25, -0.2) is 9.50 Å². The lowest BCUT2D eigenvalue weighted by Gasteiger charge is -2.30. The van der Waals surface area contributed by atoms with E-state index in [0.717, 1.165) is 37.2 Å². The smallest absolute Gasteiger partial charge is 0.256 e. The molecule has 3 aromatic heterocycles. The fourth-order valence-corrected chi connectivity index (χ4v) is 3.34. The van der Waals surface area contributed by atoms with Crippen LogP contribution in [0.25, 0.3) is 16.8 Å². The van der Waals surface area contributed by atoms with Gasteiger partial charge in [0.15, 0.2) is 5.82 Å². The Morgan fingerprint density at radius 3 is 2.68 bits per heavy atom. The molecule has 1 aliphatic heterocycles. The van der Waals surface area contributed by atoms with Gasteiger partial charge in [-0.2, -0.15) is 5.10 Å². The fraction of sp³-hybridized carbons (Fsp3) is 0.333. The van der Waals surface area contributed by atoms with E-state index in [-0.39, 0.29) is 5.91 Å². The van der Waals surface area contributed by atoms with Crippen LogP contribution in [0.5, 0.6) is 0 Å². The van der Waals surface area contributed by atoms with E-state index < -0.39 is 0 Å². The number of anilines is 1. The average Bonchev–Trinajstić information content (AvgIpc) is 3.03. The Kier molecular flexibility index (Phi) is 3.83. The lowest BCUT2D eigenvalue weighted by Crippen LogP contribution is -2.37. The summed E-state index contributed by atoms with van der Waals surface area (Å²) >= 11 is 0. The molecule has 128 valence electrons. The topological polar surface area (TPSA) is 89.4 Å². The van der Waals surface area contributed by atoms with Crippen molar-refractivity contribution < 1.29 is 4.79 Å². The third kappa shape index (κ3) is 2.71. The van der Waals surface area contributed by atoms with Crippen molar-refractivity contribution >= 4 is 17.2 Å². The Morgan fingerprint density at radius 2 is 1.96 bits per heavy atom. The highest BCUT2D eigenvalue weighted by Crippen LogP contribution is 2.29. The lowest BCUT2D eigenvalue weighted by atomic mass is 9.98. The maximum Gasteiger partial charge on any atom is 0.256 e. The van der Waals surface area contributed by atoms with E-state index in [2.05, 4.69) is 22.0 Å². The van der Waals surface area contributed by atoms with Gasteiger partial charge in [-0.3, -0.25) is 9.78 Å². The minimum absolute atomic E-state index is 0.00814. The predicted octanol–water partition coefficient (Wildman–Crippen LogP) is 2.25. The van der Waals surface area contributed by atoms with Gasteiger partial charge in [-0.15, -0.1) is 0 Å². The summed E-state index contributed by atoms with van der Waals surface area (Å²) in [4.78, 5) is 23.1. The van der Waals surface area contributed by atoms with Crippen molar-refractivity contribution in [3.8, 4) is 11.3 Å². The zero-order chi connectivity index (χ0) is 17.4. The summed E-state index contributed by atoms with van der Waals surface area (Å²) in [6.07, 6.45) is 6.89. The third-order valence-electron chi connectivity index (χ3n) is 4.86. The molecule has 0 spiro atoms. The molecule has 7 nitrogen and oxygen atoms in total. The normalized spacial score (nSPS) is 15.6. The first-order chi connectivity index (χ1) is 12.1. The van der Waals surface area contributed by atoms with E-state index in [9.17, 15) is 4.79 Å². The number of carbonyl (C=O) groups is 1. The molecule has 4 rings (SSSR count). The van der Waals surface area contributed by atoms with Crippen LogP contribution in [0.4, 0.5) is 5.82 Å². The average molecular weight is 336 g/mol. The highest BCUT2D eigenvalue weighted by molar-refractivity contribution is 6.05. The zero-order valence-corrected chi connectivity index (χ0v) is 14.1. The summed E-state index contributed by atoms with van der Waals surface area (Å²) in [7, 11) is 0. The van der Waals surface area contributed by atoms with Gasteiger partial charge in [0.25, 0.3) is 5.91 Å². The molecule has 2 N–H and O–H groups in total. The van der Waals surface area contributed by atoms with Crippen LogP contribution in [0.15, 0.2) is 36.9 Å². The number of nitrogen functional groups attached to an aromatic ring is 1. The Morgan fingerprint density at radius 1 is 1.24 bits per heavy atom. The Hall–Kier alpha value is -2.96. The molecule has 1 saturated heterocycles. The van der Waals surface area contributed by atoms with Crippen LogP contribution >= 0.6 is 0 Å². The number of amides is 1. The van der Waals surface area contributed by atoms with E-state index in [4.69, 9.17) is 5.73 Å². The zero-order valence-electron chi connectivity index (χ0n) is 14.1. The molecule has 0 aromatic carbocycles. The molecule has 0 atom stereocenters. The Labute approximate surface area is 145 Å². The standard InChI is InChI=1S/C18H20N6O/c1-12-4-8-23(9-5-12)18(25)14-10-15(13-2-6-20-7-3-13)24-16(14)17(19)21-11-22-24/h2-3,6-7,10-12H,4-5,8-9H2,1H3,(H2,19,21,22). The summed E-state index contributed by atoms with van der Waals surface area (Å²) in [5.74, 6) is 0.964. The first-order valence-corrected chi connectivity index (χ1v) is 8.47. The van der Waals surface area contributed by atoms with E-state index in [1.54, 1.807) is 16.9 Å². The largest absolute Gasteiger partial charge is 0.382 e. The van der Waals surface area contributed by atoms with E-state index in [1.165, 1.54) is 6.33 Å². The van der Waals surface area contributed by atoms with Crippen LogP contribution < -0.4 is 5.73 Å². The van der Waals surface area contributed by atoms with Crippen molar-refractivity contribution in [3.05, 3.63) is 42.5 Å². The Balaban J connectivity index is 1.83. The monoisotopic (exact) mass is 336 g/mol. The number of hydrogen-bond donors (Lipinski definition) is 1. The van der Waals surface area contributed by atoms with Crippen molar-refractivity contribution in [2.24, 2.45) is 5.92 Å². The number of pyridine rings is 1. The molecule has 1 aliphatic rings. The molecule has 0 saturated carbocycles. The van der Waals surface area contributed by atoms with Crippen molar-refractivity contribution in [1.82, 2.24) is 24.5 Å². The molecule has 0 unspecified atom stereocenters. The first kappa shape index (κ1) is 15.6. The Bertz CT molecular complexity index is 912. The molecule has 4 heterocycles. The second-order valence-electron chi connectivity index (χ2n) is 6.56. The summed E-state index contributed by atoms with van der Waals surface area (Å²) in [6, 6.07) is 5.63. The SMILES string of the molecule is CC1CCN(C(=O)c2cc(-c3ccncc3)n3ncnc(N)c23)CC1. The number of piperidine rings is 1. The minimum Gasteiger partial charge on any atom is -0.382 e. The number of rotatable bonds is 2. The number of fused-ring (bicyclic) bond motifs is 1. The van der Waals surface area contributed by atoms with Gasteiger partial charge in [0.2, 0.25) is 0 Å². The number of hydrogen-bond acceptors (Lipinski definition) is 5. The quantitative estimate of drug-likeness (QED) is 0.775. The second-order valence-corrected chi connectivity index (χ2v) is 6.56. The van der Waals surface area contributed by atoms with E-state index >= 15 is 0 Å². The summed E-state index contributed by atoms with van der Waals surface area (Å²) in [6.45, 7) is 3.77. The number of aromatic nitrogens is 4. The van der Waals surface area contributed by atoms with Crippen LogP contribution in [0.1, 0.15) is 30.1 Å². The molecule has 7 heteroatoms. The van der Waals surface area contributed by atoms with Crippen molar-refractivity contribution in [3.63, 3.8) is 0 Å². The van der Waals surface area contributed by atoms with Crippen LogP contribution in [-0.4, -0.2) is 43.5 Å². The van der Waals surface area contributed by atoms with Gasteiger partial charge < -0.3 is 10.6 Å². The second kappa shape index (κ2) is 6.16. The molecule has 0 aliphatic carbocycles. The van der Waals surface area contributed by atoms with Crippen molar-refractivity contribution in [1.29, 1.82) is 0 Å². The van der Waals surface area contributed by atoms with Gasteiger partial charge in [-0.05, 0) is 37.0 Å². The van der Waals surface area contributed by atoms with Gasteiger partial charge in [0.05, 0.1) is 11.3 Å². The third-order valence-corrected chi connectivity index (χ3v) is 4.86. The van der Waals surface area contributed by atoms with E-state index in [0.29, 0.717) is 22.8 Å². The summed E-state index contributed by atoms with van der Waals surface area (Å²) < 4.78 is 1.69. The number of nitrogens with two attached hydrogens (primary N) is 1. The first-order valence-electron chi connectivity index (χ1n) is 8.47. The van der Waals surface area contributed by atoms with Gasteiger partial charge in [0.1, 0.15) is 11.8 Å². The maximum absolute atomic E-state index is 13.1. The summed E-state index contributed by atoms with van der Waals surface area (Å²) in [5, 5.41) is 4.31. The number of likely N-dealkylation sites (tertiary alicyclic amines) is 1. The van der Waals surface area contributed by atoms with Crippen LogP contribution in [0.3, 0.4) is 0 Å². The highest BCUT2D eigenvalue weighted by Gasteiger charge is 2.26. The maximum atomic E-state index is 13.1. The molecule has 25 heavy (non-hydrogen) atoms. The van der Waals surface area contributed by atoms with Crippen LogP contribution in [-0.2, 0) is 0 Å². The minimum atomic E-state index is -0.00814. The molecule has 1 fully saturated rings. The lowest BCUT2D eigenvalue weighted by molar-refractivity contribution is 0.0699. The number of carbonyl (C=O) groups excluding carboxylic acids is 1. The van der Waals surface area contributed by atoms with Gasteiger partial charge >= 0.3 is 0 Å². The highest BCUT2D eigenvalue weighted by atomic mass is 16.2. The van der Waals surface area contributed by atoms with Crippen molar-refractivity contribution in [2.45, 2.75) is 19.8 Å². The summed E-state index contributed by atoms with van der Waals surface area (Å²) in [5.41, 5.74) is 8.94. The molecular formula is C18H20N6O. The fourth-order valence-electron chi connectivity index (χ4n) is 3.34. The predicted molar refractivity (Wildman–Crippen MR) is 94.9 cm³/mol.